The molecule has 1 amide bonds. The lowest BCUT2D eigenvalue weighted by Gasteiger charge is -2.09. The maximum Gasteiger partial charge on any atom is 0.277 e. The first kappa shape index (κ1) is 19.4. The van der Waals surface area contributed by atoms with E-state index >= 15 is 0 Å². The molecule has 0 saturated carbocycles. The smallest absolute Gasteiger partial charge is 0.277 e. The van der Waals surface area contributed by atoms with Gasteiger partial charge in [0.2, 0.25) is 0 Å². The van der Waals surface area contributed by atoms with Crippen molar-refractivity contribution in [3.63, 3.8) is 0 Å². The van der Waals surface area contributed by atoms with Crippen molar-refractivity contribution in [2.45, 2.75) is 6.92 Å². The Morgan fingerprint density at radius 3 is 2.73 bits per heavy atom. The molecular formula is C17H16BrN3O5. The number of carbonyl (C=O) groups excluding carboxylic acids is 1. The SMILES string of the molecule is COc1ccc(OCC(=O)NN=C(C)c2cccc([N+](=O)[O-])c2)c(Br)c1. The van der Waals surface area contributed by atoms with Crippen molar-refractivity contribution in [2.75, 3.05) is 13.7 Å². The summed E-state index contributed by atoms with van der Waals surface area (Å²) in [7, 11) is 1.55. The molecule has 0 fully saturated rings. The summed E-state index contributed by atoms with van der Waals surface area (Å²) >= 11 is 3.33. The van der Waals surface area contributed by atoms with E-state index in [1.165, 1.54) is 12.1 Å². The average Bonchev–Trinajstić information content (AvgIpc) is 2.65. The predicted molar refractivity (Wildman–Crippen MR) is 99.6 cm³/mol. The minimum atomic E-state index is -0.490. The third-order valence-electron chi connectivity index (χ3n) is 3.32. The second kappa shape index (κ2) is 8.95. The van der Waals surface area contributed by atoms with Crippen LogP contribution >= 0.6 is 15.9 Å². The van der Waals surface area contributed by atoms with Gasteiger partial charge in [-0.15, -0.1) is 0 Å². The highest BCUT2D eigenvalue weighted by Crippen LogP contribution is 2.28. The molecule has 136 valence electrons. The summed E-state index contributed by atoms with van der Waals surface area (Å²) in [5.41, 5.74) is 3.29. The molecule has 0 atom stereocenters. The van der Waals surface area contributed by atoms with Gasteiger partial charge in [-0.2, -0.15) is 5.10 Å². The van der Waals surface area contributed by atoms with Gasteiger partial charge in [0, 0.05) is 17.7 Å². The van der Waals surface area contributed by atoms with Gasteiger partial charge in [-0.25, -0.2) is 5.43 Å². The summed E-state index contributed by atoms with van der Waals surface area (Å²) < 4.78 is 11.1. The molecule has 0 radical (unpaired) electrons. The van der Waals surface area contributed by atoms with Gasteiger partial charge in [-0.1, -0.05) is 12.1 Å². The first-order valence-corrected chi connectivity index (χ1v) is 8.24. The third kappa shape index (κ3) is 5.28. The zero-order valence-electron chi connectivity index (χ0n) is 14.1. The van der Waals surface area contributed by atoms with Crippen LogP contribution in [0.25, 0.3) is 0 Å². The van der Waals surface area contributed by atoms with Crippen molar-refractivity contribution in [1.82, 2.24) is 5.43 Å². The van der Waals surface area contributed by atoms with E-state index in [2.05, 4.69) is 26.5 Å². The van der Waals surface area contributed by atoms with Crippen molar-refractivity contribution in [2.24, 2.45) is 5.10 Å². The molecule has 0 unspecified atom stereocenters. The highest BCUT2D eigenvalue weighted by molar-refractivity contribution is 9.10. The molecule has 0 heterocycles. The van der Waals surface area contributed by atoms with Crippen molar-refractivity contribution < 1.29 is 19.2 Å². The number of ether oxygens (including phenoxy) is 2. The van der Waals surface area contributed by atoms with E-state index in [1.807, 2.05) is 0 Å². The molecule has 0 aliphatic carbocycles. The summed E-state index contributed by atoms with van der Waals surface area (Å²) in [4.78, 5) is 22.2. The topological polar surface area (TPSA) is 103 Å². The minimum Gasteiger partial charge on any atom is -0.497 e. The molecule has 1 N–H and O–H groups in total. The lowest BCUT2D eigenvalue weighted by atomic mass is 10.1. The Morgan fingerprint density at radius 2 is 2.08 bits per heavy atom. The van der Waals surface area contributed by atoms with Gasteiger partial charge in [0.1, 0.15) is 11.5 Å². The van der Waals surface area contributed by atoms with Gasteiger partial charge >= 0.3 is 0 Å². The molecule has 0 saturated heterocycles. The van der Waals surface area contributed by atoms with E-state index in [4.69, 9.17) is 9.47 Å². The van der Waals surface area contributed by atoms with Crippen LogP contribution in [0.1, 0.15) is 12.5 Å². The zero-order chi connectivity index (χ0) is 19.1. The Hall–Kier alpha value is -2.94. The van der Waals surface area contributed by atoms with E-state index in [0.29, 0.717) is 27.2 Å². The number of nitrogens with zero attached hydrogens (tertiary/aromatic N) is 2. The van der Waals surface area contributed by atoms with Crippen LogP contribution in [-0.4, -0.2) is 30.3 Å². The molecule has 8 nitrogen and oxygen atoms in total. The van der Waals surface area contributed by atoms with Crippen LogP contribution in [-0.2, 0) is 4.79 Å². The molecule has 0 bridgehead atoms. The molecule has 2 rings (SSSR count). The minimum absolute atomic E-state index is 0.0453. The summed E-state index contributed by atoms with van der Waals surface area (Å²) in [6, 6.07) is 11.1. The second-order valence-corrected chi connectivity index (χ2v) is 5.98. The fourth-order valence-corrected chi connectivity index (χ4v) is 2.43. The summed E-state index contributed by atoms with van der Waals surface area (Å²) in [6.45, 7) is 1.40. The number of nitrogens with one attached hydrogen (secondary N) is 1. The number of hydrazone groups is 1. The normalized spacial score (nSPS) is 11.0. The quantitative estimate of drug-likeness (QED) is 0.419. The summed E-state index contributed by atoms with van der Waals surface area (Å²) in [5.74, 6) is 0.684. The molecule has 9 heteroatoms. The van der Waals surface area contributed by atoms with Crippen LogP contribution in [0.3, 0.4) is 0 Å². The first-order valence-electron chi connectivity index (χ1n) is 7.45. The van der Waals surface area contributed by atoms with E-state index < -0.39 is 10.8 Å². The fraction of sp³-hybridized carbons (Fsp3) is 0.176. The highest BCUT2D eigenvalue weighted by Gasteiger charge is 2.09. The Balaban J connectivity index is 1.94. The van der Waals surface area contributed by atoms with E-state index in [9.17, 15) is 14.9 Å². The van der Waals surface area contributed by atoms with Crippen LogP contribution in [0.4, 0.5) is 5.69 Å². The molecule has 0 aliphatic heterocycles. The number of hydrogen-bond acceptors (Lipinski definition) is 6. The Labute approximate surface area is 158 Å². The molecule has 2 aromatic rings. The van der Waals surface area contributed by atoms with Crippen LogP contribution < -0.4 is 14.9 Å². The number of nitro groups is 1. The lowest BCUT2D eigenvalue weighted by Crippen LogP contribution is -2.25. The summed E-state index contributed by atoms with van der Waals surface area (Å²) in [5, 5.41) is 14.7. The van der Waals surface area contributed by atoms with Crippen molar-refractivity contribution in [1.29, 1.82) is 0 Å². The number of hydrogen-bond donors (Lipinski definition) is 1. The Morgan fingerprint density at radius 1 is 1.31 bits per heavy atom. The number of rotatable bonds is 7. The predicted octanol–water partition coefficient (Wildman–Crippen LogP) is 3.29. The van der Waals surface area contributed by atoms with Crippen LogP contribution in [0.2, 0.25) is 0 Å². The Bertz CT molecular complexity index is 854. The number of nitro benzene ring substituents is 1. The van der Waals surface area contributed by atoms with Gasteiger partial charge in [0.25, 0.3) is 11.6 Å². The number of carbonyl (C=O) groups is 1. The van der Waals surface area contributed by atoms with Crippen molar-refractivity contribution >= 4 is 33.2 Å². The van der Waals surface area contributed by atoms with Crippen molar-refractivity contribution in [3.05, 3.63) is 62.6 Å². The molecule has 26 heavy (non-hydrogen) atoms. The van der Waals surface area contributed by atoms with Gasteiger partial charge in [-0.3, -0.25) is 14.9 Å². The maximum atomic E-state index is 11.9. The fourth-order valence-electron chi connectivity index (χ4n) is 1.96. The second-order valence-electron chi connectivity index (χ2n) is 5.12. The first-order chi connectivity index (χ1) is 12.4. The zero-order valence-corrected chi connectivity index (χ0v) is 15.6. The molecule has 0 aromatic heterocycles. The number of non-ortho nitro benzene ring substituents is 1. The van der Waals surface area contributed by atoms with Crippen LogP contribution in [0.5, 0.6) is 11.5 Å². The highest BCUT2D eigenvalue weighted by atomic mass is 79.9. The van der Waals surface area contributed by atoms with E-state index in [-0.39, 0.29) is 12.3 Å². The largest absolute Gasteiger partial charge is 0.497 e. The molecule has 2 aromatic carbocycles. The number of benzene rings is 2. The number of methoxy groups -OCH3 is 1. The van der Waals surface area contributed by atoms with Gasteiger partial charge < -0.3 is 9.47 Å². The van der Waals surface area contributed by atoms with Crippen LogP contribution in [0.15, 0.2) is 52.0 Å². The van der Waals surface area contributed by atoms with E-state index in [0.717, 1.165) is 0 Å². The maximum absolute atomic E-state index is 11.9. The molecule has 0 aliphatic rings. The van der Waals surface area contributed by atoms with Crippen LogP contribution in [0, 0.1) is 10.1 Å². The molecular weight excluding hydrogens is 406 g/mol. The van der Waals surface area contributed by atoms with Crippen molar-refractivity contribution in [3.8, 4) is 11.5 Å². The van der Waals surface area contributed by atoms with E-state index in [1.54, 1.807) is 44.4 Å². The third-order valence-corrected chi connectivity index (χ3v) is 3.94. The summed E-state index contributed by atoms with van der Waals surface area (Å²) in [6.07, 6.45) is 0. The van der Waals surface area contributed by atoms with Gasteiger partial charge in [0.05, 0.1) is 22.2 Å². The van der Waals surface area contributed by atoms with Gasteiger partial charge in [-0.05, 0) is 41.1 Å². The molecule has 0 spiro atoms. The average molecular weight is 422 g/mol. The number of amides is 1. The Kier molecular flexibility index (Phi) is 6.67. The lowest BCUT2D eigenvalue weighted by molar-refractivity contribution is -0.384. The number of halogens is 1. The van der Waals surface area contributed by atoms with Gasteiger partial charge in [0.15, 0.2) is 6.61 Å². The standard InChI is InChI=1S/C17H16BrN3O5/c1-11(12-4-3-5-13(8-12)21(23)24)19-20-17(22)10-26-16-7-6-14(25-2)9-15(16)18/h3-9H,10H2,1-2H3,(H,20,22). The monoisotopic (exact) mass is 421 g/mol.